The first-order valence-corrected chi connectivity index (χ1v) is 8.13. The van der Waals surface area contributed by atoms with E-state index in [-0.39, 0.29) is 6.03 Å². The van der Waals surface area contributed by atoms with Crippen molar-refractivity contribution in [1.29, 1.82) is 0 Å². The van der Waals surface area contributed by atoms with E-state index >= 15 is 0 Å². The third kappa shape index (κ3) is 4.54. The zero-order valence-electron chi connectivity index (χ0n) is 13.6. The van der Waals surface area contributed by atoms with E-state index < -0.39 is 0 Å². The van der Waals surface area contributed by atoms with Crippen LogP contribution in [0.1, 0.15) is 11.1 Å². The lowest BCUT2D eigenvalue weighted by molar-refractivity contribution is 0.252. The molecule has 7 nitrogen and oxygen atoms in total. The van der Waals surface area contributed by atoms with Gasteiger partial charge >= 0.3 is 6.03 Å². The summed E-state index contributed by atoms with van der Waals surface area (Å²) in [7, 11) is 0. The van der Waals surface area contributed by atoms with Gasteiger partial charge in [0.05, 0.1) is 5.69 Å². The van der Waals surface area contributed by atoms with Gasteiger partial charge in [0.1, 0.15) is 6.33 Å². The van der Waals surface area contributed by atoms with Gasteiger partial charge in [0.2, 0.25) is 0 Å². The number of halogens is 1. The summed E-state index contributed by atoms with van der Waals surface area (Å²) < 4.78 is 1.55. The fraction of sp³-hybridized carbons (Fsp3) is 0.176. The number of nitrogens with one attached hydrogen (secondary N) is 2. The molecule has 0 saturated carbocycles. The number of carbonyl (C=O) groups is 1. The van der Waals surface area contributed by atoms with Crippen molar-refractivity contribution in [3.8, 4) is 5.69 Å². The quantitative estimate of drug-likeness (QED) is 0.736. The highest BCUT2D eigenvalue weighted by molar-refractivity contribution is 6.30. The Kier molecular flexibility index (Phi) is 5.25. The fourth-order valence-electron chi connectivity index (χ4n) is 2.35. The van der Waals surface area contributed by atoms with Crippen molar-refractivity contribution in [3.63, 3.8) is 0 Å². The number of rotatable bonds is 5. The number of nitrogens with zero attached hydrogens (tertiary/aromatic N) is 4. The van der Waals surface area contributed by atoms with Crippen LogP contribution in [0.15, 0.2) is 48.8 Å². The fourth-order valence-corrected chi connectivity index (χ4v) is 2.48. The predicted molar refractivity (Wildman–Crippen MR) is 96.1 cm³/mol. The second-order valence-corrected chi connectivity index (χ2v) is 5.95. The zero-order valence-corrected chi connectivity index (χ0v) is 14.4. The molecule has 0 aliphatic carbocycles. The van der Waals surface area contributed by atoms with E-state index in [1.54, 1.807) is 4.68 Å². The summed E-state index contributed by atoms with van der Waals surface area (Å²) in [4.78, 5) is 12.0. The molecule has 0 spiro atoms. The number of hydrogen-bond acceptors (Lipinski definition) is 4. The molecule has 3 rings (SSSR count). The van der Waals surface area contributed by atoms with Gasteiger partial charge in [0.15, 0.2) is 0 Å². The highest BCUT2D eigenvalue weighted by Gasteiger charge is 2.07. The smallest absolute Gasteiger partial charge is 0.319 e. The average molecular weight is 357 g/mol. The Bertz CT molecular complexity index is 848. The molecule has 128 valence electrons. The molecule has 2 amide bonds. The molecule has 0 fully saturated rings. The van der Waals surface area contributed by atoms with E-state index in [1.807, 2.05) is 49.4 Å². The molecule has 0 aliphatic heterocycles. The van der Waals surface area contributed by atoms with Gasteiger partial charge in [0, 0.05) is 17.3 Å². The largest absolute Gasteiger partial charge is 0.338 e. The lowest BCUT2D eigenvalue weighted by Gasteiger charge is -2.10. The molecule has 0 saturated heterocycles. The predicted octanol–water partition coefficient (Wildman–Crippen LogP) is 2.99. The lowest BCUT2D eigenvalue weighted by Crippen LogP contribution is -2.30. The average Bonchev–Trinajstić information content (AvgIpc) is 3.13. The van der Waals surface area contributed by atoms with Gasteiger partial charge < -0.3 is 10.6 Å². The third-order valence-corrected chi connectivity index (χ3v) is 3.93. The minimum Gasteiger partial charge on any atom is -0.338 e. The van der Waals surface area contributed by atoms with E-state index in [4.69, 9.17) is 11.6 Å². The molecule has 0 atom stereocenters. The maximum absolute atomic E-state index is 12.0. The number of benzene rings is 2. The first kappa shape index (κ1) is 16.9. The summed E-state index contributed by atoms with van der Waals surface area (Å²) in [5.74, 6) is 0. The minimum atomic E-state index is -0.263. The van der Waals surface area contributed by atoms with E-state index in [2.05, 4.69) is 26.2 Å². The van der Waals surface area contributed by atoms with E-state index in [0.29, 0.717) is 17.3 Å². The standard InChI is InChI=1S/C17H17ClN6O/c1-12-2-7-15(10-16(12)24-11-20-22-23-24)21-17(25)19-9-8-13-3-5-14(18)6-4-13/h2-7,10-11H,8-9H2,1H3,(H2,19,21,25). The number of tetrazole rings is 1. The summed E-state index contributed by atoms with van der Waals surface area (Å²) in [5.41, 5.74) is 3.59. The number of urea groups is 1. The Labute approximate surface area is 150 Å². The summed E-state index contributed by atoms with van der Waals surface area (Å²) in [5, 5.41) is 17.5. The Morgan fingerprint density at radius 2 is 2.00 bits per heavy atom. The SMILES string of the molecule is Cc1ccc(NC(=O)NCCc2ccc(Cl)cc2)cc1-n1cnnn1. The molecule has 2 N–H and O–H groups in total. The van der Waals surface area contributed by atoms with Crippen LogP contribution in [0.3, 0.4) is 0 Å². The topological polar surface area (TPSA) is 84.7 Å². The van der Waals surface area contributed by atoms with Crippen molar-refractivity contribution in [2.24, 2.45) is 0 Å². The molecule has 1 heterocycles. The van der Waals surface area contributed by atoms with Crippen molar-refractivity contribution in [1.82, 2.24) is 25.5 Å². The Hall–Kier alpha value is -2.93. The zero-order chi connectivity index (χ0) is 17.6. The third-order valence-electron chi connectivity index (χ3n) is 3.68. The number of carbonyl (C=O) groups excluding carboxylic acids is 1. The van der Waals surface area contributed by atoms with Crippen LogP contribution in [0.5, 0.6) is 0 Å². The highest BCUT2D eigenvalue weighted by Crippen LogP contribution is 2.18. The summed E-state index contributed by atoms with van der Waals surface area (Å²) in [6.45, 7) is 2.48. The van der Waals surface area contributed by atoms with Gasteiger partial charge in [-0.1, -0.05) is 29.8 Å². The van der Waals surface area contributed by atoms with Crippen LogP contribution < -0.4 is 10.6 Å². The van der Waals surface area contributed by atoms with Gasteiger partial charge in [0.25, 0.3) is 0 Å². The maximum Gasteiger partial charge on any atom is 0.319 e. The summed E-state index contributed by atoms with van der Waals surface area (Å²) >= 11 is 5.85. The van der Waals surface area contributed by atoms with Crippen LogP contribution >= 0.6 is 11.6 Å². The van der Waals surface area contributed by atoms with E-state index in [9.17, 15) is 4.79 Å². The molecule has 2 aromatic carbocycles. The molecule has 8 heteroatoms. The second-order valence-electron chi connectivity index (χ2n) is 5.51. The summed E-state index contributed by atoms with van der Waals surface area (Å²) in [6.07, 6.45) is 2.24. The van der Waals surface area contributed by atoms with Gasteiger partial charge in [-0.05, 0) is 59.2 Å². The number of hydrogen-bond donors (Lipinski definition) is 2. The molecule has 0 bridgehead atoms. The Morgan fingerprint density at radius 3 is 2.72 bits per heavy atom. The van der Waals surface area contributed by atoms with Crippen molar-refractivity contribution in [2.45, 2.75) is 13.3 Å². The minimum absolute atomic E-state index is 0.263. The normalized spacial score (nSPS) is 10.5. The van der Waals surface area contributed by atoms with Gasteiger partial charge in [-0.25, -0.2) is 9.48 Å². The number of aryl methyl sites for hydroxylation is 1. The molecule has 0 aliphatic rings. The number of anilines is 1. The van der Waals surface area contributed by atoms with E-state index in [0.717, 1.165) is 23.2 Å². The highest BCUT2D eigenvalue weighted by atomic mass is 35.5. The molecule has 25 heavy (non-hydrogen) atoms. The van der Waals surface area contributed by atoms with Gasteiger partial charge in [-0.3, -0.25) is 0 Å². The lowest BCUT2D eigenvalue weighted by atomic mass is 10.1. The van der Waals surface area contributed by atoms with Crippen molar-refractivity contribution in [3.05, 3.63) is 64.9 Å². The molecular formula is C17H17ClN6O. The molecular weight excluding hydrogens is 340 g/mol. The van der Waals surface area contributed by atoms with Crippen molar-refractivity contribution in [2.75, 3.05) is 11.9 Å². The molecule has 0 radical (unpaired) electrons. The Morgan fingerprint density at radius 1 is 1.20 bits per heavy atom. The van der Waals surface area contributed by atoms with Gasteiger partial charge in [-0.15, -0.1) is 5.10 Å². The second kappa shape index (κ2) is 7.76. The van der Waals surface area contributed by atoms with Crippen molar-refractivity contribution >= 4 is 23.3 Å². The van der Waals surface area contributed by atoms with Crippen molar-refractivity contribution < 1.29 is 4.79 Å². The summed E-state index contributed by atoms with van der Waals surface area (Å²) in [6, 6.07) is 12.9. The van der Waals surface area contributed by atoms with Crippen LogP contribution in [0.2, 0.25) is 5.02 Å². The van der Waals surface area contributed by atoms with Gasteiger partial charge in [-0.2, -0.15) is 0 Å². The Balaban J connectivity index is 1.56. The first-order valence-electron chi connectivity index (χ1n) is 7.75. The molecule has 1 aromatic heterocycles. The first-order chi connectivity index (χ1) is 12.1. The van der Waals surface area contributed by atoms with Crippen LogP contribution in [0, 0.1) is 6.92 Å². The molecule has 0 unspecified atom stereocenters. The number of aromatic nitrogens is 4. The maximum atomic E-state index is 12.0. The van der Waals surface area contributed by atoms with Crippen LogP contribution in [0.25, 0.3) is 5.69 Å². The van der Waals surface area contributed by atoms with Crippen LogP contribution in [-0.2, 0) is 6.42 Å². The van der Waals surface area contributed by atoms with Crippen LogP contribution in [-0.4, -0.2) is 32.8 Å². The monoisotopic (exact) mass is 356 g/mol. The van der Waals surface area contributed by atoms with E-state index in [1.165, 1.54) is 6.33 Å². The molecule has 3 aromatic rings. The van der Waals surface area contributed by atoms with Crippen LogP contribution in [0.4, 0.5) is 10.5 Å². The number of amides is 2.